The molecule has 4 heteroatoms. The van der Waals surface area contributed by atoms with Gasteiger partial charge in [-0.05, 0) is 36.4 Å². The Morgan fingerprint density at radius 3 is 2.90 bits per heavy atom. The van der Waals surface area contributed by atoms with Crippen LogP contribution in [0.3, 0.4) is 0 Å². The molecular weight excluding hydrogens is 268 g/mol. The average Bonchev–Trinajstić information content (AvgIpc) is 3.12. The Morgan fingerprint density at radius 1 is 1.25 bits per heavy atom. The molecule has 0 spiro atoms. The lowest BCUT2D eigenvalue weighted by Gasteiger charge is -1.88. The minimum atomic E-state index is 0.550. The predicted molar refractivity (Wildman–Crippen MR) is 81.0 cm³/mol. The summed E-state index contributed by atoms with van der Waals surface area (Å²) in [6, 6.07) is 13.7. The Balaban J connectivity index is 1.91. The van der Waals surface area contributed by atoms with Crippen LogP contribution < -0.4 is 0 Å². The molecule has 0 aliphatic carbocycles. The third-order valence-corrected chi connectivity index (χ3v) is 3.78. The Kier molecular flexibility index (Phi) is 3.44. The molecule has 1 aromatic carbocycles. The maximum Gasteiger partial charge on any atom is 0.135 e. The van der Waals surface area contributed by atoms with E-state index in [9.17, 15) is 5.26 Å². The van der Waals surface area contributed by atoms with Crippen LogP contribution in [0.2, 0.25) is 0 Å². The fourth-order valence-electron chi connectivity index (χ4n) is 1.77. The summed E-state index contributed by atoms with van der Waals surface area (Å²) in [5.74, 6) is 0.753. The van der Waals surface area contributed by atoms with Gasteiger partial charge in [0.1, 0.15) is 16.8 Å². The molecule has 0 aliphatic heterocycles. The minimum absolute atomic E-state index is 0.550. The summed E-state index contributed by atoms with van der Waals surface area (Å²) in [5.41, 5.74) is 1.47. The maximum absolute atomic E-state index is 9.25. The first-order valence-electron chi connectivity index (χ1n) is 6.05. The molecular formula is C16H10N2OS. The maximum atomic E-state index is 9.25. The van der Waals surface area contributed by atoms with Crippen LogP contribution >= 0.6 is 11.3 Å². The van der Waals surface area contributed by atoms with Gasteiger partial charge >= 0.3 is 0 Å². The average molecular weight is 278 g/mol. The van der Waals surface area contributed by atoms with E-state index < -0.39 is 0 Å². The summed E-state index contributed by atoms with van der Waals surface area (Å²) >= 11 is 1.52. The summed E-state index contributed by atoms with van der Waals surface area (Å²) in [4.78, 5) is 4.47. The number of benzene rings is 1. The van der Waals surface area contributed by atoms with Crippen LogP contribution in [0.4, 0.5) is 0 Å². The van der Waals surface area contributed by atoms with Gasteiger partial charge in [-0.1, -0.05) is 18.2 Å². The molecule has 0 saturated carbocycles. The molecule has 3 nitrogen and oxygen atoms in total. The number of furan rings is 1. The molecule has 0 saturated heterocycles. The SMILES string of the molecule is N#C/C(=C/C=C/c1ccco1)c1nc2ccccc2s1. The Hall–Kier alpha value is -2.64. The van der Waals surface area contributed by atoms with Crippen molar-refractivity contribution in [3.63, 3.8) is 0 Å². The van der Waals surface area contributed by atoms with Crippen LogP contribution in [-0.2, 0) is 0 Å². The summed E-state index contributed by atoms with van der Waals surface area (Å²) in [5, 5.41) is 9.99. The summed E-state index contributed by atoms with van der Waals surface area (Å²) in [6.45, 7) is 0. The van der Waals surface area contributed by atoms with E-state index in [0.29, 0.717) is 5.57 Å². The number of fused-ring (bicyclic) bond motifs is 1. The van der Waals surface area contributed by atoms with Gasteiger partial charge in [-0.3, -0.25) is 0 Å². The zero-order valence-electron chi connectivity index (χ0n) is 10.5. The molecule has 0 radical (unpaired) electrons. The first kappa shape index (κ1) is 12.4. The predicted octanol–water partition coefficient (Wildman–Crippen LogP) is 4.51. The third-order valence-electron chi connectivity index (χ3n) is 2.71. The monoisotopic (exact) mass is 278 g/mol. The van der Waals surface area contributed by atoms with E-state index in [1.54, 1.807) is 18.4 Å². The summed E-state index contributed by atoms with van der Waals surface area (Å²) in [6.07, 6.45) is 6.97. The van der Waals surface area contributed by atoms with E-state index in [2.05, 4.69) is 11.1 Å². The molecule has 3 rings (SSSR count). The number of allylic oxidation sites excluding steroid dienone is 3. The highest BCUT2D eigenvalue weighted by Crippen LogP contribution is 2.26. The number of aromatic nitrogens is 1. The van der Waals surface area contributed by atoms with Gasteiger partial charge in [0.15, 0.2) is 0 Å². The molecule has 0 aliphatic rings. The lowest BCUT2D eigenvalue weighted by molar-refractivity contribution is 0.557. The topological polar surface area (TPSA) is 49.8 Å². The first-order chi connectivity index (χ1) is 9.86. The molecule has 2 heterocycles. The molecule has 0 unspecified atom stereocenters. The fourth-order valence-corrected chi connectivity index (χ4v) is 2.71. The van der Waals surface area contributed by atoms with Crippen molar-refractivity contribution in [2.75, 3.05) is 0 Å². The molecule has 96 valence electrons. The van der Waals surface area contributed by atoms with Crippen LogP contribution in [0.5, 0.6) is 0 Å². The molecule has 0 N–H and O–H groups in total. The van der Waals surface area contributed by atoms with Crippen molar-refractivity contribution < 1.29 is 4.42 Å². The molecule has 2 aromatic heterocycles. The van der Waals surface area contributed by atoms with Crippen LogP contribution in [0.25, 0.3) is 21.9 Å². The number of hydrogen-bond donors (Lipinski definition) is 0. The van der Waals surface area contributed by atoms with E-state index in [1.165, 1.54) is 11.3 Å². The van der Waals surface area contributed by atoms with Crippen LogP contribution in [0, 0.1) is 11.3 Å². The third kappa shape index (κ3) is 2.53. The van der Waals surface area contributed by atoms with E-state index in [1.807, 2.05) is 42.5 Å². The van der Waals surface area contributed by atoms with Crippen LogP contribution in [0.15, 0.2) is 59.2 Å². The van der Waals surface area contributed by atoms with Crippen molar-refractivity contribution >= 4 is 33.2 Å². The van der Waals surface area contributed by atoms with Gasteiger partial charge in [0.2, 0.25) is 0 Å². The zero-order valence-corrected chi connectivity index (χ0v) is 11.3. The molecule has 3 aromatic rings. The standard InChI is InChI=1S/C16H10N2OS/c17-11-12(5-3-6-13-7-4-10-19-13)16-18-14-8-1-2-9-15(14)20-16/h1-10H/b6-3+,12-5-. The van der Waals surface area contributed by atoms with E-state index >= 15 is 0 Å². The number of nitrogens with zero attached hydrogens (tertiary/aromatic N) is 2. The largest absolute Gasteiger partial charge is 0.465 e. The highest BCUT2D eigenvalue weighted by atomic mass is 32.1. The molecule has 0 atom stereocenters. The fraction of sp³-hybridized carbons (Fsp3) is 0. The van der Waals surface area contributed by atoms with Gasteiger partial charge in [0.05, 0.1) is 22.1 Å². The van der Waals surface area contributed by atoms with Crippen molar-refractivity contribution in [2.45, 2.75) is 0 Å². The molecule has 0 amide bonds. The molecule has 0 bridgehead atoms. The molecule has 0 fully saturated rings. The number of para-hydroxylation sites is 1. The highest BCUT2D eigenvalue weighted by Gasteiger charge is 2.06. The number of hydrogen-bond acceptors (Lipinski definition) is 4. The zero-order chi connectivity index (χ0) is 13.8. The minimum Gasteiger partial charge on any atom is -0.465 e. The van der Waals surface area contributed by atoms with Crippen LogP contribution in [0.1, 0.15) is 10.8 Å². The quantitative estimate of drug-likeness (QED) is 0.523. The Morgan fingerprint density at radius 2 is 2.15 bits per heavy atom. The van der Waals surface area contributed by atoms with Crippen molar-refractivity contribution in [2.24, 2.45) is 0 Å². The van der Waals surface area contributed by atoms with Gasteiger partial charge in [0, 0.05) is 0 Å². The Labute approximate surface area is 120 Å². The Bertz CT molecular complexity index is 787. The van der Waals surface area contributed by atoms with Gasteiger partial charge < -0.3 is 4.42 Å². The first-order valence-corrected chi connectivity index (χ1v) is 6.86. The van der Waals surface area contributed by atoms with Gasteiger partial charge in [-0.25, -0.2) is 4.98 Å². The van der Waals surface area contributed by atoms with Gasteiger partial charge in [-0.2, -0.15) is 5.26 Å². The lowest BCUT2D eigenvalue weighted by atomic mass is 10.2. The second-order valence-corrected chi connectivity index (χ2v) is 5.08. The van der Waals surface area contributed by atoms with E-state index in [4.69, 9.17) is 4.42 Å². The van der Waals surface area contributed by atoms with Crippen molar-refractivity contribution in [1.29, 1.82) is 5.26 Å². The van der Waals surface area contributed by atoms with Crippen LogP contribution in [-0.4, -0.2) is 4.98 Å². The van der Waals surface area contributed by atoms with Gasteiger partial charge in [-0.15, -0.1) is 11.3 Å². The summed E-state index contributed by atoms with van der Waals surface area (Å²) < 4.78 is 6.27. The smallest absolute Gasteiger partial charge is 0.135 e. The number of rotatable bonds is 3. The molecule has 20 heavy (non-hydrogen) atoms. The summed E-state index contributed by atoms with van der Waals surface area (Å²) in [7, 11) is 0. The van der Waals surface area contributed by atoms with Crippen molar-refractivity contribution in [3.05, 3.63) is 65.6 Å². The lowest BCUT2D eigenvalue weighted by Crippen LogP contribution is -1.77. The second kappa shape index (κ2) is 5.55. The number of nitriles is 1. The van der Waals surface area contributed by atoms with E-state index in [-0.39, 0.29) is 0 Å². The second-order valence-electron chi connectivity index (χ2n) is 4.05. The normalized spacial score (nSPS) is 12.1. The van der Waals surface area contributed by atoms with E-state index in [0.717, 1.165) is 21.0 Å². The number of thiazole rings is 1. The van der Waals surface area contributed by atoms with Crippen molar-refractivity contribution in [1.82, 2.24) is 4.98 Å². The highest BCUT2D eigenvalue weighted by molar-refractivity contribution is 7.19. The van der Waals surface area contributed by atoms with Crippen molar-refractivity contribution in [3.8, 4) is 6.07 Å². The van der Waals surface area contributed by atoms with Gasteiger partial charge in [0.25, 0.3) is 0 Å².